The molecule has 6 N–H and O–H groups in total. The first-order valence-corrected chi connectivity index (χ1v) is 9.29. The summed E-state index contributed by atoms with van der Waals surface area (Å²) in [7, 11) is 0. The maximum Gasteiger partial charge on any atom is 0.250 e. The van der Waals surface area contributed by atoms with Crippen LogP contribution in [0, 0.1) is 5.82 Å². The van der Waals surface area contributed by atoms with E-state index in [9.17, 15) is 9.18 Å². The molecule has 4 aromatic heterocycles. The zero-order chi connectivity index (χ0) is 21.7. The van der Waals surface area contributed by atoms with Crippen LogP contribution in [0.3, 0.4) is 0 Å². The molecule has 0 spiro atoms. The summed E-state index contributed by atoms with van der Waals surface area (Å²) in [5.74, 6) is -0.861. The number of imidazole rings is 1. The molecule has 0 atom stereocenters. The molecule has 0 bridgehead atoms. The van der Waals surface area contributed by atoms with E-state index in [-0.39, 0.29) is 17.1 Å². The number of rotatable bonds is 4. The van der Waals surface area contributed by atoms with E-state index in [0.29, 0.717) is 38.9 Å². The number of amides is 1. The Balaban J connectivity index is 1.57. The number of nitrogens with two attached hydrogens (primary N) is 2. The number of pyridine rings is 1. The molecule has 0 fully saturated rings. The number of nitrogens with one attached hydrogen (secondary N) is 2. The smallest absolute Gasteiger partial charge is 0.250 e. The molecule has 0 radical (unpaired) electrons. The Labute approximate surface area is 178 Å². The van der Waals surface area contributed by atoms with Crippen LogP contribution in [0.2, 0.25) is 5.15 Å². The van der Waals surface area contributed by atoms with Crippen molar-refractivity contribution < 1.29 is 9.18 Å². The molecule has 12 heteroatoms. The van der Waals surface area contributed by atoms with Crippen LogP contribution < -0.4 is 16.8 Å². The number of halogens is 2. The molecule has 0 aliphatic rings. The largest absolute Gasteiger partial charge is 0.382 e. The molecule has 31 heavy (non-hydrogen) atoms. The average Bonchev–Trinajstić information content (AvgIpc) is 3.31. The van der Waals surface area contributed by atoms with E-state index in [1.807, 2.05) is 0 Å². The summed E-state index contributed by atoms with van der Waals surface area (Å²) in [4.78, 5) is 27.3. The Bertz CT molecular complexity index is 1490. The minimum atomic E-state index is -0.698. The van der Waals surface area contributed by atoms with Crippen molar-refractivity contribution in [1.82, 2.24) is 29.5 Å². The van der Waals surface area contributed by atoms with Crippen molar-refractivity contribution in [2.45, 2.75) is 0 Å². The Morgan fingerprint density at radius 2 is 2.06 bits per heavy atom. The molecule has 154 valence electrons. The number of carbonyl (C=O) groups is 1. The fourth-order valence-corrected chi connectivity index (χ4v) is 3.49. The first kappa shape index (κ1) is 18.8. The van der Waals surface area contributed by atoms with E-state index < -0.39 is 11.7 Å². The maximum atomic E-state index is 15.0. The Morgan fingerprint density at radius 1 is 1.23 bits per heavy atom. The van der Waals surface area contributed by atoms with Gasteiger partial charge in [0.05, 0.1) is 11.3 Å². The van der Waals surface area contributed by atoms with E-state index in [2.05, 4.69) is 30.4 Å². The third-order valence-corrected chi connectivity index (χ3v) is 4.90. The van der Waals surface area contributed by atoms with Crippen molar-refractivity contribution >= 4 is 51.6 Å². The lowest BCUT2D eigenvalue weighted by Crippen LogP contribution is -2.11. The molecule has 1 amide bonds. The normalized spacial score (nSPS) is 11.3. The lowest BCUT2D eigenvalue weighted by Gasteiger charge is -2.08. The number of anilines is 3. The number of primary amides is 1. The monoisotopic (exact) mass is 437 g/mol. The van der Waals surface area contributed by atoms with Gasteiger partial charge in [-0.2, -0.15) is 5.10 Å². The van der Waals surface area contributed by atoms with Gasteiger partial charge in [-0.25, -0.2) is 23.9 Å². The van der Waals surface area contributed by atoms with Crippen molar-refractivity contribution in [1.29, 1.82) is 0 Å². The van der Waals surface area contributed by atoms with E-state index in [0.717, 1.165) is 0 Å². The van der Waals surface area contributed by atoms with Gasteiger partial charge < -0.3 is 21.8 Å². The molecule has 0 saturated carbocycles. The lowest BCUT2D eigenvalue weighted by molar-refractivity contribution is 0.100. The number of benzene rings is 1. The van der Waals surface area contributed by atoms with Gasteiger partial charge in [-0.05, 0) is 29.8 Å². The zero-order valence-electron chi connectivity index (χ0n) is 15.6. The minimum absolute atomic E-state index is 0.133. The van der Waals surface area contributed by atoms with Crippen LogP contribution in [-0.2, 0) is 0 Å². The highest BCUT2D eigenvalue weighted by Gasteiger charge is 2.21. The molecule has 0 unspecified atom stereocenters. The number of aromatic nitrogens is 6. The molecule has 5 aromatic rings. The molecular weight excluding hydrogens is 425 g/mol. The second kappa shape index (κ2) is 6.92. The lowest BCUT2D eigenvalue weighted by atomic mass is 10.0. The van der Waals surface area contributed by atoms with Gasteiger partial charge in [0.2, 0.25) is 5.95 Å². The van der Waals surface area contributed by atoms with E-state index in [1.54, 1.807) is 18.2 Å². The highest BCUT2D eigenvalue weighted by Crippen LogP contribution is 2.34. The van der Waals surface area contributed by atoms with Crippen molar-refractivity contribution in [2.75, 3.05) is 11.1 Å². The minimum Gasteiger partial charge on any atom is -0.382 e. The summed E-state index contributed by atoms with van der Waals surface area (Å²) in [5, 5.41) is 7.22. The van der Waals surface area contributed by atoms with Crippen molar-refractivity contribution in [2.24, 2.45) is 5.73 Å². The summed E-state index contributed by atoms with van der Waals surface area (Å²) in [6, 6.07) is 7.69. The van der Waals surface area contributed by atoms with E-state index in [1.165, 1.54) is 29.2 Å². The van der Waals surface area contributed by atoms with Crippen molar-refractivity contribution in [3.63, 3.8) is 0 Å². The topological polar surface area (TPSA) is 153 Å². The summed E-state index contributed by atoms with van der Waals surface area (Å²) in [5.41, 5.74) is 13.9. The van der Waals surface area contributed by atoms with Gasteiger partial charge in [0, 0.05) is 11.8 Å². The summed E-state index contributed by atoms with van der Waals surface area (Å²) < 4.78 is 16.3. The number of carbonyl (C=O) groups excluding carboxylic acids is 1. The van der Waals surface area contributed by atoms with Crippen LogP contribution in [0.25, 0.3) is 27.8 Å². The number of hydrogen-bond acceptors (Lipinski definition) is 7. The number of hydrogen-bond donors (Lipinski definition) is 4. The number of nitrogens with zero attached hydrogens (tertiary/aromatic N) is 5. The first-order chi connectivity index (χ1) is 14.9. The summed E-state index contributed by atoms with van der Waals surface area (Å²) in [6.45, 7) is 0. The molecule has 10 nitrogen and oxygen atoms in total. The van der Waals surface area contributed by atoms with Crippen LogP contribution >= 0.6 is 11.6 Å². The predicted molar refractivity (Wildman–Crippen MR) is 113 cm³/mol. The third kappa shape index (κ3) is 3.16. The maximum absolute atomic E-state index is 15.0. The van der Waals surface area contributed by atoms with Crippen LogP contribution in [0.15, 0.2) is 42.9 Å². The van der Waals surface area contributed by atoms with Gasteiger partial charge in [-0.15, -0.1) is 0 Å². The second-order valence-electron chi connectivity index (χ2n) is 6.63. The quantitative estimate of drug-likeness (QED) is 0.315. The Hall–Kier alpha value is -4.25. The van der Waals surface area contributed by atoms with Gasteiger partial charge in [0.25, 0.3) is 5.91 Å². The summed E-state index contributed by atoms with van der Waals surface area (Å²) >= 11 is 5.88. The van der Waals surface area contributed by atoms with Gasteiger partial charge in [-0.1, -0.05) is 17.7 Å². The number of nitrogen functional groups attached to an aromatic ring is 1. The molecule has 0 saturated heterocycles. The van der Waals surface area contributed by atoms with E-state index >= 15 is 0 Å². The number of fused-ring (bicyclic) bond motifs is 2. The fourth-order valence-electron chi connectivity index (χ4n) is 3.34. The third-order valence-electron chi connectivity index (χ3n) is 4.69. The number of aromatic amines is 1. The number of H-pyrrole nitrogens is 1. The van der Waals surface area contributed by atoms with Gasteiger partial charge >= 0.3 is 0 Å². The second-order valence-corrected chi connectivity index (χ2v) is 7.01. The Morgan fingerprint density at radius 3 is 2.84 bits per heavy atom. The van der Waals surface area contributed by atoms with E-state index in [4.69, 9.17) is 23.1 Å². The standard InChI is InChI=1S/C19H13ClFN9O/c20-13-4-3-12-18(28-13)29-19(27-12)26-11-2-1-8(5-10(11)21)14-9(17(23)31)6-30-15(14)16(22)24-7-25-30/h1-7H,(H2,23,31)(H2,22,24,25)(H2,26,27,28,29). The average molecular weight is 438 g/mol. The zero-order valence-corrected chi connectivity index (χ0v) is 16.4. The van der Waals surface area contributed by atoms with Gasteiger partial charge in [0.15, 0.2) is 11.5 Å². The van der Waals surface area contributed by atoms with Crippen molar-refractivity contribution in [3.05, 3.63) is 59.4 Å². The Kier molecular flexibility index (Phi) is 4.19. The van der Waals surface area contributed by atoms with Crippen LogP contribution in [0.5, 0.6) is 0 Å². The molecule has 1 aromatic carbocycles. The predicted octanol–water partition coefficient (Wildman–Crippen LogP) is 2.88. The molecular formula is C19H13ClFN9O. The summed E-state index contributed by atoms with van der Waals surface area (Å²) in [6.07, 6.45) is 2.68. The fraction of sp³-hybridized carbons (Fsp3) is 0. The highest BCUT2D eigenvalue weighted by atomic mass is 35.5. The SMILES string of the molecule is NC(=O)c1cn2ncnc(N)c2c1-c1ccc(Nc2nc3ccc(Cl)nc3[nH]2)c(F)c1. The van der Waals surface area contributed by atoms with Crippen LogP contribution in [0.1, 0.15) is 10.4 Å². The molecule has 0 aliphatic heterocycles. The molecule has 5 rings (SSSR count). The van der Waals surface area contributed by atoms with Crippen LogP contribution in [0.4, 0.5) is 21.8 Å². The highest BCUT2D eigenvalue weighted by molar-refractivity contribution is 6.29. The molecule has 0 aliphatic carbocycles. The van der Waals surface area contributed by atoms with Crippen LogP contribution in [-0.4, -0.2) is 35.5 Å². The molecule has 4 heterocycles. The first-order valence-electron chi connectivity index (χ1n) is 8.91. The van der Waals surface area contributed by atoms with Crippen molar-refractivity contribution in [3.8, 4) is 11.1 Å². The van der Waals surface area contributed by atoms with Gasteiger partial charge in [-0.3, -0.25) is 4.79 Å². The van der Waals surface area contributed by atoms with Gasteiger partial charge in [0.1, 0.15) is 28.3 Å².